The van der Waals surface area contributed by atoms with Gasteiger partial charge in [0.05, 0.1) is 0 Å². The predicted octanol–water partition coefficient (Wildman–Crippen LogP) is 4.36. The second kappa shape index (κ2) is 5.84. The van der Waals surface area contributed by atoms with Gasteiger partial charge in [-0.25, -0.2) is 0 Å². The molecule has 0 saturated carbocycles. The SMILES string of the molecule is CC(C)B(Cl)N(B(Cl)C(C)C)C(C)(C)C. The zero-order chi connectivity index (χ0) is 12.4. The minimum Gasteiger partial charge on any atom is -0.351 e. The summed E-state index contributed by atoms with van der Waals surface area (Å²) in [4.78, 5) is 0. The Bertz CT molecular complexity index is 178. The fourth-order valence-corrected chi connectivity index (χ4v) is 2.40. The molecule has 0 aliphatic heterocycles. The first-order chi connectivity index (χ1) is 6.59. The van der Waals surface area contributed by atoms with Crippen molar-refractivity contribution in [3.8, 4) is 0 Å². The molecule has 0 spiro atoms. The molecule has 0 heterocycles. The third kappa shape index (κ3) is 4.58. The Balaban J connectivity index is 4.90. The molecule has 15 heavy (non-hydrogen) atoms. The lowest BCUT2D eigenvalue weighted by Gasteiger charge is -2.42. The fraction of sp³-hybridized carbons (Fsp3) is 1.00. The maximum atomic E-state index is 6.45. The fourth-order valence-electron chi connectivity index (χ4n) is 1.52. The van der Waals surface area contributed by atoms with Crippen LogP contribution in [-0.4, -0.2) is 22.8 Å². The Morgan fingerprint density at radius 2 is 1.13 bits per heavy atom. The summed E-state index contributed by atoms with van der Waals surface area (Å²) in [6.45, 7) is 15.0. The van der Waals surface area contributed by atoms with E-state index in [0.29, 0.717) is 11.6 Å². The van der Waals surface area contributed by atoms with E-state index in [1.165, 1.54) is 0 Å². The number of halogens is 2. The van der Waals surface area contributed by atoms with Gasteiger partial charge >= 0.3 is 12.5 Å². The Kier molecular flexibility index (Phi) is 6.10. The van der Waals surface area contributed by atoms with Crippen molar-refractivity contribution in [3.05, 3.63) is 0 Å². The summed E-state index contributed by atoms with van der Waals surface area (Å²) in [7, 11) is 0. The van der Waals surface area contributed by atoms with Crippen LogP contribution in [0.1, 0.15) is 48.5 Å². The Hall–Kier alpha value is 0.670. The van der Waals surface area contributed by atoms with Crippen LogP contribution in [-0.2, 0) is 0 Å². The van der Waals surface area contributed by atoms with Crippen molar-refractivity contribution in [1.82, 2.24) is 4.72 Å². The van der Waals surface area contributed by atoms with Crippen molar-refractivity contribution >= 4 is 35.4 Å². The molecule has 0 N–H and O–H groups in total. The summed E-state index contributed by atoms with van der Waals surface area (Å²) < 4.78 is 2.20. The number of nitrogens with zero attached hydrogens (tertiary/aromatic N) is 1. The number of rotatable bonds is 4. The van der Waals surface area contributed by atoms with Gasteiger partial charge in [-0.3, -0.25) is 0 Å². The predicted molar refractivity (Wildman–Crippen MR) is 75.0 cm³/mol. The van der Waals surface area contributed by atoms with E-state index in [1.54, 1.807) is 0 Å². The highest BCUT2D eigenvalue weighted by Crippen LogP contribution is 2.30. The first-order valence-corrected chi connectivity index (χ1v) is 6.53. The maximum Gasteiger partial charge on any atom is 0.324 e. The van der Waals surface area contributed by atoms with Crippen LogP contribution in [0.4, 0.5) is 0 Å². The summed E-state index contributed by atoms with van der Waals surface area (Å²) in [5.41, 5.74) is -0.00657. The highest BCUT2D eigenvalue weighted by molar-refractivity contribution is 7.17. The molecule has 88 valence electrons. The van der Waals surface area contributed by atoms with Gasteiger partial charge in [0, 0.05) is 0 Å². The Labute approximate surface area is 106 Å². The van der Waals surface area contributed by atoms with Crippen LogP contribution in [0.3, 0.4) is 0 Å². The van der Waals surface area contributed by atoms with Crippen LogP contribution >= 0.6 is 22.9 Å². The quantitative estimate of drug-likeness (QED) is 0.669. The Morgan fingerprint density at radius 1 is 0.867 bits per heavy atom. The standard InChI is InChI=1S/C10H23B2Cl2N/c1-8(2)11(13)15(10(5,6)7)12(14)9(3)4/h8-9H,1-7H3. The van der Waals surface area contributed by atoms with Gasteiger partial charge in [0.2, 0.25) is 0 Å². The molecule has 0 saturated heterocycles. The molecule has 0 aliphatic rings. The molecule has 0 aromatic carbocycles. The topological polar surface area (TPSA) is 3.24 Å². The van der Waals surface area contributed by atoms with Gasteiger partial charge in [0.1, 0.15) is 0 Å². The lowest BCUT2D eigenvalue weighted by Crippen LogP contribution is -2.56. The van der Waals surface area contributed by atoms with Crippen LogP contribution in [0.2, 0.25) is 11.6 Å². The summed E-state index contributed by atoms with van der Waals surface area (Å²) in [5.74, 6) is 0.789. The van der Waals surface area contributed by atoms with Crippen molar-refractivity contribution < 1.29 is 0 Å². The number of hydrogen-bond donors (Lipinski definition) is 0. The molecule has 0 radical (unpaired) electrons. The van der Waals surface area contributed by atoms with Crippen molar-refractivity contribution in [2.75, 3.05) is 0 Å². The third-order valence-electron chi connectivity index (χ3n) is 2.41. The highest BCUT2D eigenvalue weighted by atomic mass is 35.5. The lowest BCUT2D eigenvalue weighted by molar-refractivity contribution is 0.363. The zero-order valence-corrected chi connectivity index (χ0v) is 12.5. The van der Waals surface area contributed by atoms with E-state index in [1.807, 2.05) is 0 Å². The van der Waals surface area contributed by atoms with Gasteiger partial charge < -0.3 is 4.72 Å². The van der Waals surface area contributed by atoms with Crippen molar-refractivity contribution in [3.63, 3.8) is 0 Å². The summed E-state index contributed by atoms with van der Waals surface area (Å²) in [6.07, 6.45) is -0.0372. The second-order valence-corrected chi connectivity index (χ2v) is 6.71. The van der Waals surface area contributed by atoms with E-state index < -0.39 is 0 Å². The normalized spacial score (nSPS) is 12.8. The van der Waals surface area contributed by atoms with Crippen LogP contribution in [0, 0.1) is 0 Å². The van der Waals surface area contributed by atoms with Crippen LogP contribution in [0.5, 0.6) is 0 Å². The summed E-state index contributed by atoms with van der Waals surface area (Å²) in [6, 6.07) is 0. The van der Waals surface area contributed by atoms with Crippen molar-refractivity contribution in [1.29, 1.82) is 0 Å². The highest BCUT2D eigenvalue weighted by Gasteiger charge is 2.40. The van der Waals surface area contributed by atoms with Gasteiger partial charge in [0.15, 0.2) is 0 Å². The van der Waals surface area contributed by atoms with E-state index >= 15 is 0 Å². The first-order valence-electron chi connectivity index (χ1n) is 5.65. The average Bonchev–Trinajstić information content (AvgIpc) is 2.01. The second-order valence-electron chi connectivity index (χ2n) is 5.81. The number of hydrogen-bond acceptors (Lipinski definition) is 1. The van der Waals surface area contributed by atoms with Gasteiger partial charge in [0.25, 0.3) is 0 Å². The molecule has 0 fully saturated rings. The van der Waals surface area contributed by atoms with Gasteiger partial charge in [-0.1, -0.05) is 27.7 Å². The van der Waals surface area contributed by atoms with Crippen LogP contribution in [0.15, 0.2) is 0 Å². The van der Waals surface area contributed by atoms with E-state index in [9.17, 15) is 0 Å². The molecule has 0 aliphatic carbocycles. The van der Waals surface area contributed by atoms with E-state index in [0.717, 1.165) is 0 Å². The van der Waals surface area contributed by atoms with Gasteiger partial charge in [-0.05, 0) is 37.9 Å². The average molecular weight is 250 g/mol. The molecule has 0 amide bonds. The third-order valence-corrected chi connectivity index (χ3v) is 3.83. The molecule has 0 unspecified atom stereocenters. The van der Waals surface area contributed by atoms with Gasteiger partial charge in [-0.2, -0.15) is 22.9 Å². The molecule has 0 bridgehead atoms. The molecular weight excluding hydrogens is 227 g/mol. The van der Waals surface area contributed by atoms with E-state index in [2.05, 4.69) is 53.2 Å². The molecular formula is C10H23B2Cl2N. The monoisotopic (exact) mass is 249 g/mol. The lowest BCUT2D eigenvalue weighted by atomic mass is 9.59. The smallest absolute Gasteiger partial charge is 0.324 e. The zero-order valence-electron chi connectivity index (χ0n) is 11.0. The molecule has 0 atom stereocenters. The molecule has 1 nitrogen and oxygen atoms in total. The maximum absolute atomic E-state index is 6.45. The minimum absolute atomic E-state index is 0.00657. The van der Waals surface area contributed by atoms with Crippen LogP contribution < -0.4 is 0 Å². The molecule has 0 aromatic heterocycles. The Morgan fingerprint density at radius 3 is 1.27 bits per heavy atom. The molecule has 0 aromatic rings. The summed E-state index contributed by atoms with van der Waals surface area (Å²) in [5, 5.41) is 0. The summed E-state index contributed by atoms with van der Waals surface area (Å²) >= 11 is 12.9. The molecule has 5 heteroatoms. The van der Waals surface area contributed by atoms with Crippen molar-refractivity contribution in [2.24, 2.45) is 0 Å². The van der Waals surface area contributed by atoms with Gasteiger partial charge in [-0.15, -0.1) is 0 Å². The van der Waals surface area contributed by atoms with E-state index in [4.69, 9.17) is 22.9 Å². The van der Waals surface area contributed by atoms with Crippen LogP contribution in [0.25, 0.3) is 0 Å². The van der Waals surface area contributed by atoms with E-state index in [-0.39, 0.29) is 18.1 Å². The molecule has 0 rings (SSSR count). The minimum atomic E-state index is -0.0186. The largest absolute Gasteiger partial charge is 0.351 e. The first kappa shape index (κ1) is 15.7. The van der Waals surface area contributed by atoms with Crippen molar-refractivity contribution in [2.45, 2.75) is 65.6 Å².